The van der Waals surface area contributed by atoms with Gasteiger partial charge in [0.2, 0.25) is 5.91 Å². The summed E-state index contributed by atoms with van der Waals surface area (Å²) in [5, 5.41) is 12.5. The van der Waals surface area contributed by atoms with E-state index in [0.29, 0.717) is 25.3 Å². The number of carbonyl (C=O) groups is 1. The van der Waals surface area contributed by atoms with Crippen LogP contribution in [0.25, 0.3) is 0 Å². The zero-order chi connectivity index (χ0) is 13.7. The first-order valence-corrected chi connectivity index (χ1v) is 6.77. The first-order chi connectivity index (χ1) is 9.20. The number of ether oxygens (including phenoxy) is 1. The topological polar surface area (TPSA) is 58.6 Å². The Morgan fingerprint density at radius 1 is 1.47 bits per heavy atom. The number of rotatable bonds is 7. The van der Waals surface area contributed by atoms with E-state index < -0.39 is 0 Å². The average Bonchev–Trinajstić information content (AvgIpc) is 3.27. The molecule has 1 unspecified atom stereocenters. The average molecular weight is 263 g/mol. The third kappa shape index (κ3) is 4.24. The summed E-state index contributed by atoms with van der Waals surface area (Å²) in [7, 11) is 1.63. The second kappa shape index (κ2) is 6.57. The molecule has 1 aromatic rings. The SMILES string of the molecule is COc1ccccc1CCC(=O)NCC(O)C1CC1. The summed E-state index contributed by atoms with van der Waals surface area (Å²) in [6.07, 6.45) is 2.85. The van der Waals surface area contributed by atoms with Crippen LogP contribution in [0.2, 0.25) is 0 Å². The van der Waals surface area contributed by atoms with Gasteiger partial charge in [0.1, 0.15) is 5.75 Å². The quantitative estimate of drug-likeness (QED) is 0.784. The number of aliphatic hydroxyl groups is 1. The van der Waals surface area contributed by atoms with Crippen LogP contribution in [0, 0.1) is 5.92 Å². The Morgan fingerprint density at radius 3 is 2.89 bits per heavy atom. The van der Waals surface area contributed by atoms with Crippen molar-refractivity contribution < 1.29 is 14.6 Å². The number of aliphatic hydroxyl groups excluding tert-OH is 1. The van der Waals surface area contributed by atoms with Gasteiger partial charge in [0.25, 0.3) is 0 Å². The van der Waals surface area contributed by atoms with Gasteiger partial charge in [0, 0.05) is 13.0 Å². The molecule has 1 amide bonds. The predicted octanol–water partition coefficient (Wildman–Crippen LogP) is 1.51. The fourth-order valence-electron chi connectivity index (χ4n) is 2.11. The molecule has 4 heteroatoms. The van der Waals surface area contributed by atoms with Crippen molar-refractivity contribution in [3.8, 4) is 5.75 Å². The molecule has 1 aliphatic carbocycles. The Balaban J connectivity index is 1.73. The first kappa shape index (κ1) is 13.9. The monoisotopic (exact) mass is 263 g/mol. The lowest BCUT2D eigenvalue weighted by molar-refractivity contribution is -0.121. The summed E-state index contributed by atoms with van der Waals surface area (Å²) in [4.78, 5) is 11.7. The molecule has 2 N–H and O–H groups in total. The van der Waals surface area contributed by atoms with Crippen LogP contribution in [0.4, 0.5) is 0 Å². The van der Waals surface area contributed by atoms with E-state index in [1.54, 1.807) is 7.11 Å². The highest BCUT2D eigenvalue weighted by Crippen LogP contribution is 2.32. The van der Waals surface area contributed by atoms with Gasteiger partial charge < -0.3 is 15.2 Å². The van der Waals surface area contributed by atoms with Gasteiger partial charge in [0.15, 0.2) is 0 Å². The molecule has 0 radical (unpaired) electrons. The molecule has 19 heavy (non-hydrogen) atoms. The number of aryl methyl sites for hydroxylation is 1. The lowest BCUT2D eigenvalue weighted by Gasteiger charge is -2.11. The Kier molecular flexibility index (Phi) is 4.80. The molecular weight excluding hydrogens is 242 g/mol. The molecule has 1 atom stereocenters. The van der Waals surface area contributed by atoms with Gasteiger partial charge in [-0.2, -0.15) is 0 Å². The molecule has 0 spiro atoms. The minimum atomic E-state index is -0.379. The molecule has 1 saturated carbocycles. The highest BCUT2D eigenvalue weighted by atomic mass is 16.5. The Labute approximate surface area is 113 Å². The Hall–Kier alpha value is -1.55. The predicted molar refractivity (Wildman–Crippen MR) is 73.1 cm³/mol. The second-order valence-corrected chi connectivity index (χ2v) is 5.02. The molecule has 2 rings (SSSR count). The van der Waals surface area contributed by atoms with Crippen LogP contribution in [0.5, 0.6) is 5.75 Å². The molecule has 104 valence electrons. The largest absolute Gasteiger partial charge is 0.496 e. The molecule has 0 aromatic heterocycles. The van der Waals surface area contributed by atoms with E-state index in [1.807, 2.05) is 24.3 Å². The van der Waals surface area contributed by atoms with Crippen LogP contribution in [0.1, 0.15) is 24.8 Å². The Morgan fingerprint density at radius 2 is 2.21 bits per heavy atom. The van der Waals surface area contributed by atoms with E-state index in [0.717, 1.165) is 24.2 Å². The maximum Gasteiger partial charge on any atom is 0.220 e. The molecule has 4 nitrogen and oxygen atoms in total. The number of hydrogen-bond donors (Lipinski definition) is 2. The van der Waals surface area contributed by atoms with Crippen molar-refractivity contribution in [2.75, 3.05) is 13.7 Å². The van der Waals surface area contributed by atoms with Crippen molar-refractivity contribution in [3.05, 3.63) is 29.8 Å². The third-order valence-electron chi connectivity index (χ3n) is 3.49. The van der Waals surface area contributed by atoms with Crippen molar-refractivity contribution in [1.29, 1.82) is 0 Å². The molecule has 0 bridgehead atoms. The lowest BCUT2D eigenvalue weighted by atomic mass is 10.1. The van der Waals surface area contributed by atoms with E-state index >= 15 is 0 Å². The third-order valence-corrected chi connectivity index (χ3v) is 3.49. The van der Waals surface area contributed by atoms with Crippen molar-refractivity contribution in [2.45, 2.75) is 31.8 Å². The number of nitrogens with one attached hydrogen (secondary N) is 1. The minimum Gasteiger partial charge on any atom is -0.496 e. The molecule has 0 aliphatic heterocycles. The van der Waals surface area contributed by atoms with E-state index in [4.69, 9.17) is 4.74 Å². The molecule has 0 saturated heterocycles. The van der Waals surface area contributed by atoms with Crippen LogP contribution in [0.15, 0.2) is 24.3 Å². The minimum absolute atomic E-state index is 0.0226. The Bertz CT molecular complexity index is 429. The summed E-state index contributed by atoms with van der Waals surface area (Å²) in [5.74, 6) is 1.19. The smallest absolute Gasteiger partial charge is 0.220 e. The van der Waals surface area contributed by atoms with E-state index in [2.05, 4.69) is 5.32 Å². The van der Waals surface area contributed by atoms with Gasteiger partial charge >= 0.3 is 0 Å². The number of para-hydroxylation sites is 1. The van der Waals surface area contributed by atoms with Crippen LogP contribution >= 0.6 is 0 Å². The highest BCUT2D eigenvalue weighted by Gasteiger charge is 2.29. The van der Waals surface area contributed by atoms with E-state index in [9.17, 15) is 9.90 Å². The van der Waals surface area contributed by atoms with Crippen molar-refractivity contribution in [3.63, 3.8) is 0 Å². The van der Waals surface area contributed by atoms with Crippen LogP contribution in [-0.2, 0) is 11.2 Å². The number of methoxy groups -OCH3 is 1. The standard InChI is InChI=1S/C15H21NO3/c1-19-14-5-3-2-4-12(14)8-9-15(18)16-10-13(17)11-6-7-11/h2-5,11,13,17H,6-10H2,1H3,(H,16,18). The summed E-state index contributed by atoms with van der Waals surface area (Å²) >= 11 is 0. The van der Waals surface area contributed by atoms with Gasteiger partial charge in [0.05, 0.1) is 13.2 Å². The molecular formula is C15H21NO3. The molecule has 1 aromatic carbocycles. The summed E-state index contributed by atoms with van der Waals surface area (Å²) in [6, 6.07) is 7.70. The molecule has 0 heterocycles. The van der Waals surface area contributed by atoms with Gasteiger partial charge in [-0.15, -0.1) is 0 Å². The maximum atomic E-state index is 11.7. The summed E-state index contributed by atoms with van der Waals surface area (Å²) in [5.41, 5.74) is 1.03. The first-order valence-electron chi connectivity index (χ1n) is 6.77. The van der Waals surface area contributed by atoms with Crippen LogP contribution < -0.4 is 10.1 Å². The molecule has 1 aliphatic rings. The summed E-state index contributed by atoms with van der Waals surface area (Å²) in [6.45, 7) is 0.370. The van der Waals surface area contributed by atoms with Crippen LogP contribution in [-0.4, -0.2) is 30.8 Å². The van der Waals surface area contributed by atoms with Gasteiger partial charge in [-0.25, -0.2) is 0 Å². The normalized spacial score (nSPS) is 15.9. The van der Waals surface area contributed by atoms with Gasteiger partial charge in [-0.05, 0) is 36.8 Å². The highest BCUT2D eigenvalue weighted by molar-refractivity contribution is 5.76. The second-order valence-electron chi connectivity index (χ2n) is 5.02. The number of hydrogen-bond acceptors (Lipinski definition) is 3. The zero-order valence-corrected chi connectivity index (χ0v) is 11.3. The van der Waals surface area contributed by atoms with Gasteiger partial charge in [-0.3, -0.25) is 4.79 Å². The van der Waals surface area contributed by atoms with Crippen LogP contribution in [0.3, 0.4) is 0 Å². The maximum absolute atomic E-state index is 11.7. The molecule has 1 fully saturated rings. The summed E-state index contributed by atoms with van der Waals surface area (Å²) < 4.78 is 5.24. The van der Waals surface area contributed by atoms with E-state index in [1.165, 1.54) is 0 Å². The number of carbonyl (C=O) groups excluding carboxylic acids is 1. The zero-order valence-electron chi connectivity index (χ0n) is 11.3. The van der Waals surface area contributed by atoms with Crippen molar-refractivity contribution in [1.82, 2.24) is 5.32 Å². The van der Waals surface area contributed by atoms with Crippen molar-refractivity contribution in [2.24, 2.45) is 5.92 Å². The fraction of sp³-hybridized carbons (Fsp3) is 0.533. The fourth-order valence-corrected chi connectivity index (χ4v) is 2.11. The number of benzene rings is 1. The van der Waals surface area contributed by atoms with Gasteiger partial charge in [-0.1, -0.05) is 18.2 Å². The lowest BCUT2D eigenvalue weighted by Crippen LogP contribution is -2.33. The number of amides is 1. The van der Waals surface area contributed by atoms with Crippen molar-refractivity contribution >= 4 is 5.91 Å². The van der Waals surface area contributed by atoms with E-state index in [-0.39, 0.29) is 12.0 Å².